The van der Waals surface area contributed by atoms with Gasteiger partial charge in [0.2, 0.25) is 0 Å². The van der Waals surface area contributed by atoms with E-state index in [-0.39, 0.29) is 0 Å². The van der Waals surface area contributed by atoms with E-state index in [0.717, 1.165) is 70.7 Å². The van der Waals surface area contributed by atoms with Crippen LogP contribution >= 0.6 is 0 Å². The third-order valence-corrected chi connectivity index (χ3v) is 6.04. The highest BCUT2D eigenvalue weighted by Crippen LogP contribution is 2.27. The van der Waals surface area contributed by atoms with Crippen LogP contribution in [0.1, 0.15) is 31.4 Å². The second-order valence-corrected chi connectivity index (χ2v) is 8.39. The van der Waals surface area contributed by atoms with Crippen LogP contribution < -0.4 is 15.4 Å². The highest BCUT2D eigenvalue weighted by Gasteiger charge is 2.24. The summed E-state index contributed by atoms with van der Waals surface area (Å²) in [4.78, 5) is 9.50. The lowest BCUT2D eigenvalue weighted by Crippen LogP contribution is -2.45. The summed E-state index contributed by atoms with van der Waals surface area (Å²) in [6.45, 7) is 11.2. The van der Waals surface area contributed by atoms with Crippen LogP contribution in [0.25, 0.3) is 0 Å². The van der Waals surface area contributed by atoms with E-state index in [1.807, 2.05) is 13.1 Å². The van der Waals surface area contributed by atoms with E-state index in [9.17, 15) is 0 Å². The number of guanidine groups is 1. The SMILES string of the molecule is CN=C(NCC(C)CN1CCOCC1)NCC(c1cccc(OC)c1)N1CCCC1. The Morgan fingerprint density at radius 3 is 2.57 bits per heavy atom. The Balaban J connectivity index is 1.52. The topological polar surface area (TPSA) is 61.4 Å². The molecular formula is C23H39N5O2. The molecule has 2 fully saturated rings. The predicted molar refractivity (Wildman–Crippen MR) is 122 cm³/mol. The second kappa shape index (κ2) is 12.1. The fraction of sp³-hybridized carbons (Fsp3) is 0.696. The van der Waals surface area contributed by atoms with Gasteiger partial charge in [0.25, 0.3) is 0 Å². The summed E-state index contributed by atoms with van der Waals surface area (Å²) in [5.74, 6) is 2.33. The summed E-state index contributed by atoms with van der Waals surface area (Å²) in [5, 5.41) is 7.08. The van der Waals surface area contributed by atoms with Gasteiger partial charge in [0.15, 0.2) is 5.96 Å². The maximum absolute atomic E-state index is 5.45. The number of ether oxygens (including phenoxy) is 2. The summed E-state index contributed by atoms with van der Waals surface area (Å²) in [5.41, 5.74) is 1.29. The highest BCUT2D eigenvalue weighted by molar-refractivity contribution is 5.79. The number of aliphatic imine (C=N–C) groups is 1. The van der Waals surface area contributed by atoms with Crippen molar-refractivity contribution in [3.63, 3.8) is 0 Å². The molecule has 0 aromatic heterocycles. The summed E-state index contributed by atoms with van der Waals surface area (Å²) in [7, 11) is 3.57. The Bertz CT molecular complexity index is 657. The minimum atomic E-state index is 0.312. The number of hydrogen-bond acceptors (Lipinski definition) is 5. The second-order valence-electron chi connectivity index (χ2n) is 8.39. The molecular weight excluding hydrogens is 378 g/mol. The largest absolute Gasteiger partial charge is 0.497 e. The molecule has 30 heavy (non-hydrogen) atoms. The summed E-state index contributed by atoms with van der Waals surface area (Å²) in [6.07, 6.45) is 2.54. The van der Waals surface area contributed by atoms with E-state index in [1.54, 1.807) is 7.11 Å². The van der Waals surface area contributed by atoms with Crippen molar-refractivity contribution in [3.8, 4) is 5.75 Å². The molecule has 168 valence electrons. The van der Waals surface area contributed by atoms with Gasteiger partial charge in [-0.2, -0.15) is 0 Å². The fourth-order valence-electron chi connectivity index (χ4n) is 4.33. The molecule has 2 heterocycles. The maximum Gasteiger partial charge on any atom is 0.191 e. The van der Waals surface area contributed by atoms with Crippen LogP contribution in [0.4, 0.5) is 0 Å². The average Bonchev–Trinajstić information content (AvgIpc) is 3.31. The molecule has 2 unspecified atom stereocenters. The molecule has 2 aliphatic rings. The molecule has 0 radical (unpaired) electrons. The molecule has 7 heteroatoms. The molecule has 2 saturated heterocycles. The molecule has 1 aromatic rings. The summed E-state index contributed by atoms with van der Waals surface area (Å²) < 4.78 is 10.9. The first-order valence-corrected chi connectivity index (χ1v) is 11.3. The van der Waals surface area contributed by atoms with Gasteiger partial charge in [0.05, 0.1) is 26.4 Å². The van der Waals surface area contributed by atoms with Crippen molar-refractivity contribution in [3.05, 3.63) is 29.8 Å². The van der Waals surface area contributed by atoms with Gasteiger partial charge < -0.3 is 20.1 Å². The third kappa shape index (κ3) is 6.86. The van der Waals surface area contributed by atoms with E-state index in [0.29, 0.717) is 12.0 Å². The minimum Gasteiger partial charge on any atom is -0.497 e. The molecule has 1 aromatic carbocycles. The van der Waals surface area contributed by atoms with Crippen molar-refractivity contribution >= 4 is 5.96 Å². The average molecular weight is 418 g/mol. The Kier molecular flexibility index (Phi) is 9.24. The number of methoxy groups -OCH3 is 1. The molecule has 7 nitrogen and oxygen atoms in total. The number of nitrogens with zero attached hydrogens (tertiary/aromatic N) is 3. The fourth-order valence-corrected chi connectivity index (χ4v) is 4.33. The Labute approximate surface area is 181 Å². The molecule has 0 bridgehead atoms. The van der Waals surface area contributed by atoms with Gasteiger partial charge in [-0.05, 0) is 49.5 Å². The Hall–Kier alpha value is -1.83. The zero-order valence-electron chi connectivity index (χ0n) is 18.9. The molecule has 3 rings (SSSR count). The molecule has 2 atom stereocenters. The monoisotopic (exact) mass is 417 g/mol. The van der Waals surface area contributed by atoms with Crippen LogP contribution in [0.15, 0.2) is 29.3 Å². The summed E-state index contributed by atoms with van der Waals surface area (Å²) >= 11 is 0. The van der Waals surface area contributed by atoms with E-state index >= 15 is 0 Å². The highest BCUT2D eigenvalue weighted by atomic mass is 16.5. The molecule has 0 aliphatic carbocycles. The van der Waals surface area contributed by atoms with Crippen molar-refractivity contribution < 1.29 is 9.47 Å². The predicted octanol–water partition coefficient (Wildman–Crippen LogP) is 1.97. The van der Waals surface area contributed by atoms with Gasteiger partial charge in [-0.25, -0.2) is 0 Å². The van der Waals surface area contributed by atoms with Crippen molar-refractivity contribution in [1.29, 1.82) is 0 Å². The zero-order valence-corrected chi connectivity index (χ0v) is 18.9. The van der Waals surface area contributed by atoms with Gasteiger partial charge in [-0.1, -0.05) is 19.1 Å². The van der Waals surface area contributed by atoms with Crippen LogP contribution in [-0.4, -0.2) is 88.9 Å². The van der Waals surface area contributed by atoms with Crippen LogP contribution in [-0.2, 0) is 4.74 Å². The molecule has 0 spiro atoms. The van der Waals surface area contributed by atoms with Gasteiger partial charge in [-0.15, -0.1) is 0 Å². The summed E-state index contributed by atoms with van der Waals surface area (Å²) in [6, 6.07) is 8.76. The van der Waals surface area contributed by atoms with Crippen molar-refractivity contribution in [2.45, 2.75) is 25.8 Å². The van der Waals surface area contributed by atoms with Gasteiger partial charge in [0, 0.05) is 39.8 Å². The zero-order chi connectivity index (χ0) is 21.2. The number of benzene rings is 1. The first-order valence-electron chi connectivity index (χ1n) is 11.3. The number of nitrogens with one attached hydrogen (secondary N) is 2. The van der Waals surface area contributed by atoms with E-state index in [2.05, 4.69) is 50.5 Å². The number of morpholine rings is 1. The van der Waals surface area contributed by atoms with E-state index in [4.69, 9.17) is 9.47 Å². The standard InChI is InChI=1S/C23H39N5O2/c1-19(18-27-11-13-30-14-12-27)16-25-23(24-2)26-17-22(28-9-4-5-10-28)20-7-6-8-21(15-20)29-3/h6-8,15,19,22H,4-5,9-14,16-18H2,1-3H3,(H2,24,25,26). The van der Waals surface area contributed by atoms with Crippen molar-refractivity contribution in [2.24, 2.45) is 10.9 Å². The molecule has 2 aliphatic heterocycles. The van der Waals surface area contributed by atoms with Gasteiger partial charge in [0.1, 0.15) is 5.75 Å². The molecule has 0 amide bonds. The van der Waals surface area contributed by atoms with Gasteiger partial charge >= 0.3 is 0 Å². The van der Waals surface area contributed by atoms with E-state index in [1.165, 1.54) is 18.4 Å². The number of rotatable bonds is 9. The number of hydrogen-bond donors (Lipinski definition) is 2. The van der Waals surface area contributed by atoms with Crippen molar-refractivity contribution in [2.75, 3.05) is 73.2 Å². The lowest BCUT2D eigenvalue weighted by molar-refractivity contribution is 0.0320. The number of likely N-dealkylation sites (tertiary alicyclic amines) is 1. The molecule has 2 N–H and O–H groups in total. The van der Waals surface area contributed by atoms with E-state index < -0.39 is 0 Å². The smallest absolute Gasteiger partial charge is 0.191 e. The Morgan fingerprint density at radius 2 is 1.87 bits per heavy atom. The van der Waals surface area contributed by atoms with Crippen LogP contribution in [0.3, 0.4) is 0 Å². The first kappa shape index (κ1) is 22.8. The lowest BCUT2D eigenvalue weighted by atomic mass is 10.1. The first-order chi connectivity index (χ1) is 14.7. The third-order valence-electron chi connectivity index (χ3n) is 6.04. The van der Waals surface area contributed by atoms with Crippen LogP contribution in [0, 0.1) is 5.92 Å². The minimum absolute atomic E-state index is 0.312. The molecule has 0 saturated carbocycles. The van der Waals surface area contributed by atoms with Crippen LogP contribution in [0.5, 0.6) is 5.75 Å². The quantitative estimate of drug-likeness (QED) is 0.473. The van der Waals surface area contributed by atoms with Gasteiger partial charge in [-0.3, -0.25) is 14.8 Å². The lowest BCUT2D eigenvalue weighted by Gasteiger charge is -2.30. The Morgan fingerprint density at radius 1 is 1.13 bits per heavy atom. The van der Waals surface area contributed by atoms with Crippen molar-refractivity contribution in [1.82, 2.24) is 20.4 Å². The van der Waals surface area contributed by atoms with Crippen LogP contribution in [0.2, 0.25) is 0 Å². The maximum atomic E-state index is 5.45. The normalized spacial score (nSPS) is 20.7.